The predicted molar refractivity (Wildman–Crippen MR) is 66.0 cm³/mol. The molecule has 0 aliphatic heterocycles. The maximum atomic E-state index is 11.9. The highest BCUT2D eigenvalue weighted by atomic mass is 16.5. The Labute approximate surface area is 103 Å². The first-order valence-electron chi connectivity index (χ1n) is 5.28. The van der Waals surface area contributed by atoms with Crippen molar-refractivity contribution in [2.45, 2.75) is 13.8 Å². The standard InChI is InChI=1S/C11H13N5O2/c1-6-7(2)16-18-11(6)14-10(17)8-3-4-13-9(5-8)15-12/h3-5H,12H2,1-2H3,(H,13,15)(H,14,17). The van der Waals surface area contributed by atoms with Crippen LogP contribution in [0.1, 0.15) is 21.6 Å². The van der Waals surface area contributed by atoms with Gasteiger partial charge in [-0.3, -0.25) is 10.1 Å². The number of amides is 1. The number of nitrogen functional groups attached to an aromatic ring is 1. The molecule has 2 heterocycles. The van der Waals surface area contributed by atoms with Gasteiger partial charge >= 0.3 is 0 Å². The summed E-state index contributed by atoms with van der Waals surface area (Å²) >= 11 is 0. The summed E-state index contributed by atoms with van der Waals surface area (Å²) in [5.74, 6) is 5.67. The van der Waals surface area contributed by atoms with Gasteiger partial charge in [0.1, 0.15) is 5.82 Å². The van der Waals surface area contributed by atoms with E-state index in [4.69, 9.17) is 10.4 Å². The first kappa shape index (κ1) is 12.1. The third-order valence-electron chi connectivity index (χ3n) is 2.55. The van der Waals surface area contributed by atoms with Crippen molar-refractivity contribution in [1.29, 1.82) is 0 Å². The number of nitrogens with one attached hydrogen (secondary N) is 2. The Morgan fingerprint density at radius 3 is 2.83 bits per heavy atom. The lowest BCUT2D eigenvalue weighted by Crippen LogP contribution is -2.14. The monoisotopic (exact) mass is 247 g/mol. The maximum absolute atomic E-state index is 11.9. The van der Waals surface area contributed by atoms with Gasteiger partial charge in [0.05, 0.1) is 5.69 Å². The van der Waals surface area contributed by atoms with E-state index < -0.39 is 0 Å². The van der Waals surface area contributed by atoms with Crippen LogP contribution in [0.2, 0.25) is 0 Å². The Kier molecular flexibility index (Phi) is 3.24. The second-order valence-corrected chi connectivity index (χ2v) is 3.75. The molecule has 0 radical (unpaired) electrons. The van der Waals surface area contributed by atoms with Crippen molar-refractivity contribution in [3.63, 3.8) is 0 Å². The molecule has 2 aromatic rings. The van der Waals surface area contributed by atoms with Crippen molar-refractivity contribution in [2.75, 3.05) is 10.7 Å². The molecular formula is C11H13N5O2. The van der Waals surface area contributed by atoms with Crippen LogP contribution in [0.4, 0.5) is 11.7 Å². The number of aromatic nitrogens is 2. The fourth-order valence-corrected chi connectivity index (χ4v) is 1.36. The topological polar surface area (TPSA) is 106 Å². The number of hydrogen-bond acceptors (Lipinski definition) is 6. The zero-order valence-electron chi connectivity index (χ0n) is 10.0. The Bertz CT molecular complexity index is 579. The smallest absolute Gasteiger partial charge is 0.258 e. The van der Waals surface area contributed by atoms with E-state index in [0.29, 0.717) is 17.3 Å². The third kappa shape index (κ3) is 2.30. The van der Waals surface area contributed by atoms with Crippen molar-refractivity contribution < 1.29 is 9.32 Å². The summed E-state index contributed by atoms with van der Waals surface area (Å²) in [6, 6.07) is 3.11. The fourth-order valence-electron chi connectivity index (χ4n) is 1.36. The molecule has 7 heteroatoms. The summed E-state index contributed by atoms with van der Waals surface area (Å²) in [6.07, 6.45) is 1.49. The molecule has 0 saturated heterocycles. The van der Waals surface area contributed by atoms with Crippen molar-refractivity contribution in [3.05, 3.63) is 35.2 Å². The number of pyridine rings is 1. The number of hydrogen-bond donors (Lipinski definition) is 3. The van der Waals surface area contributed by atoms with Crippen LogP contribution in [0.5, 0.6) is 0 Å². The van der Waals surface area contributed by atoms with Crippen molar-refractivity contribution in [3.8, 4) is 0 Å². The van der Waals surface area contributed by atoms with Crippen LogP contribution in [0.3, 0.4) is 0 Å². The second kappa shape index (κ2) is 4.84. The number of rotatable bonds is 3. The maximum Gasteiger partial charge on any atom is 0.258 e. The number of carbonyl (C=O) groups is 1. The lowest BCUT2D eigenvalue weighted by molar-refractivity contribution is 0.102. The molecule has 0 unspecified atom stereocenters. The van der Waals surface area contributed by atoms with Crippen LogP contribution in [0, 0.1) is 13.8 Å². The highest BCUT2D eigenvalue weighted by molar-refractivity contribution is 6.04. The Morgan fingerprint density at radius 2 is 2.22 bits per heavy atom. The van der Waals surface area contributed by atoms with E-state index in [1.807, 2.05) is 6.92 Å². The molecule has 0 fully saturated rings. The van der Waals surface area contributed by atoms with Gasteiger partial charge in [-0.05, 0) is 26.0 Å². The van der Waals surface area contributed by atoms with Crippen LogP contribution >= 0.6 is 0 Å². The summed E-state index contributed by atoms with van der Waals surface area (Å²) in [6.45, 7) is 3.62. The van der Waals surface area contributed by atoms with Gasteiger partial charge in [-0.1, -0.05) is 5.16 Å². The molecular weight excluding hydrogens is 234 g/mol. The van der Waals surface area contributed by atoms with E-state index in [2.05, 4.69) is 20.9 Å². The molecule has 7 nitrogen and oxygen atoms in total. The summed E-state index contributed by atoms with van der Waals surface area (Å²) < 4.78 is 5.01. The van der Waals surface area contributed by atoms with Crippen LogP contribution < -0.4 is 16.6 Å². The van der Waals surface area contributed by atoms with E-state index >= 15 is 0 Å². The third-order valence-corrected chi connectivity index (χ3v) is 2.55. The van der Waals surface area contributed by atoms with Crippen molar-refractivity contribution >= 4 is 17.6 Å². The molecule has 0 bridgehead atoms. The lowest BCUT2D eigenvalue weighted by atomic mass is 10.2. The number of aryl methyl sites for hydroxylation is 1. The molecule has 4 N–H and O–H groups in total. The van der Waals surface area contributed by atoms with Gasteiger partial charge in [0.15, 0.2) is 0 Å². The molecule has 2 rings (SSSR count). The summed E-state index contributed by atoms with van der Waals surface area (Å²) in [4.78, 5) is 15.9. The van der Waals surface area contributed by atoms with Gasteiger partial charge in [0, 0.05) is 17.3 Å². The minimum absolute atomic E-state index is 0.312. The second-order valence-electron chi connectivity index (χ2n) is 3.75. The minimum Gasteiger partial charge on any atom is -0.338 e. The largest absolute Gasteiger partial charge is 0.338 e. The quantitative estimate of drug-likeness (QED) is 0.556. The predicted octanol–water partition coefficient (Wildman–Crippen LogP) is 1.22. The lowest BCUT2D eigenvalue weighted by Gasteiger charge is -2.04. The van der Waals surface area contributed by atoms with Gasteiger partial charge < -0.3 is 9.95 Å². The molecule has 0 saturated carbocycles. The van der Waals surface area contributed by atoms with E-state index in [0.717, 1.165) is 11.3 Å². The number of hydrazine groups is 1. The number of carbonyl (C=O) groups excluding carboxylic acids is 1. The molecule has 1 amide bonds. The molecule has 18 heavy (non-hydrogen) atoms. The zero-order chi connectivity index (χ0) is 13.1. The summed E-state index contributed by atoms with van der Waals surface area (Å²) in [7, 11) is 0. The molecule has 0 aromatic carbocycles. The number of anilines is 2. The average Bonchev–Trinajstić information content (AvgIpc) is 2.71. The zero-order valence-corrected chi connectivity index (χ0v) is 10.0. The Balaban J connectivity index is 2.19. The van der Waals surface area contributed by atoms with Gasteiger partial charge in [-0.15, -0.1) is 0 Å². The van der Waals surface area contributed by atoms with E-state index in [-0.39, 0.29) is 5.91 Å². The first-order valence-corrected chi connectivity index (χ1v) is 5.28. The summed E-state index contributed by atoms with van der Waals surface area (Å²) in [5.41, 5.74) is 4.34. The van der Waals surface area contributed by atoms with E-state index in [9.17, 15) is 4.79 Å². The molecule has 0 aliphatic carbocycles. The van der Waals surface area contributed by atoms with Gasteiger partial charge in [0.25, 0.3) is 5.91 Å². The van der Waals surface area contributed by atoms with E-state index in [1.54, 1.807) is 13.0 Å². The van der Waals surface area contributed by atoms with Gasteiger partial charge in [0.2, 0.25) is 5.88 Å². The molecule has 0 atom stereocenters. The van der Waals surface area contributed by atoms with E-state index in [1.165, 1.54) is 12.3 Å². The average molecular weight is 247 g/mol. The van der Waals surface area contributed by atoms with Gasteiger partial charge in [-0.2, -0.15) is 0 Å². The highest BCUT2D eigenvalue weighted by Gasteiger charge is 2.13. The van der Waals surface area contributed by atoms with Crippen LogP contribution in [0.25, 0.3) is 0 Å². The number of nitrogens with two attached hydrogens (primary N) is 1. The first-order chi connectivity index (χ1) is 8.61. The fraction of sp³-hybridized carbons (Fsp3) is 0.182. The van der Waals surface area contributed by atoms with Crippen LogP contribution in [0.15, 0.2) is 22.9 Å². The summed E-state index contributed by atoms with van der Waals surface area (Å²) in [5, 5.41) is 6.40. The highest BCUT2D eigenvalue weighted by Crippen LogP contribution is 2.18. The molecule has 2 aromatic heterocycles. The molecule has 0 aliphatic rings. The molecule has 94 valence electrons. The Morgan fingerprint density at radius 1 is 1.44 bits per heavy atom. The van der Waals surface area contributed by atoms with Crippen molar-refractivity contribution in [2.24, 2.45) is 5.84 Å². The Hall–Kier alpha value is -2.41. The SMILES string of the molecule is Cc1noc(NC(=O)c2ccnc(NN)c2)c1C. The number of nitrogens with zero attached hydrogens (tertiary/aromatic N) is 2. The van der Waals surface area contributed by atoms with Crippen LogP contribution in [-0.2, 0) is 0 Å². The van der Waals surface area contributed by atoms with Crippen LogP contribution in [-0.4, -0.2) is 16.0 Å². The molecule has 0 spiro atoms. The van der Waals surface area contributed by atoms with Gasteiger partial charge in [-0.25, -0.2) is 10.8 Å². The normalized spacial score (nSPS) is 10.2. The minimum atomic E-state index is -0.312. The van der Waals surface area contributed by atoms with Crippen molar-refractivity contribution in [1.82, 2.24) is 10.1 Å².